The van der Waals surface area contributed by atoms with E-state index in [9.17, 15) is 4.79 Å². The maximum Gasteiger partial charge on any atom is 0.257 e. The molecule has 5 nitrogen and oxygen atoms in total. The molecule has 0 aliphatic carbocycles. The number of amides is 1. The van der Waals surface area contributed by atoms with Crippen molar-refractivity contribution < 1.29 is 14.3 Å². The highest BCUT2D eigenvalue weighted by Gasteiger charge is 2.12. The monoisotopic (exact) mass is 286 g/mol. The summed E-state index contributed by atoms with van der Waals surface area (Å²) in [6.07, 6.45) is 0. The number of carbonyl (C=O) groups is 1. The van der Waals surface area contributed by atoms with Gasteiger partial charge in [0.05, 0.1) is 19.8 Å². The molecule has 0 saturated heterocycles. The Morgan fingerprint density at radius 3 is 2.38 bits per heavy atom. The van der Waals surface area contributed by atoms with Gasteiger partial charge in [-0.3, -0.25) is 4.79 Å². The second kappa shape index (κ2) is 6.65. The maximum absolute atomic E-state index is 12.3. The smallest absolute Gasteiger partial charge is 0.257 e. The molecule has 2 aromatic rings. The summed E-state index contributed by atoms with van der Waals surface area (Å²) >= 11 is 0. The van der Waals surface area contributed by atoms with Gasteiger partial charge >= 0.3 is 0 Å². The highest BCUT2D eigenvalue weighted by molar-refractivity contribution is 6.08. The van der Waals surface area contributed by atoms with Gasteiger partial charge in [-0.1, -0.05) is 12.1 Å². The molecule has 0 unspecified atom stereocenters. The van der Waals surface area contributed by atoms with E-state index in [1.807, 2.05) is 18.2 Å². The Hall–Kier alpha value is -2.69. The van der Waals surface area contributed by atoms with Crippen LogP contribution in [0.15, 0.2) is 42.5 Å². The molecule has 0 heterocycles. The van der Waals surface area contributed by atoms with E-state index in [0.717, 1.165) is 5.69 Å². The summed E-state index contributed by atoms with van der Waals surface area (Å²) in [5, 5.41) is 5.84. The third-order valence-electron chi connectivity index (χ3n) is 3.08. The van der Waals surface area contributed by atoms with E-state index in [4.69, 9.17) is 9.47 Å². The van der Waals surface area contributed by atoms with E-state index in [0.29, 0.717) is 22.7 Å². The minimum absolute atomic E-state index is 0.188. The zero-order valence-corrected chi connectivity index (χ0v) is 12.3. The van der Waals surface area contributed by atoms with Crippen molar-refractivity contribution in [2.24, 2.45) is 0 Å². The second-order valence-electron chi connectivity index (χ2n) is 4.32. The number of hydrogen-bond donors (Lipinski definition) is 2. The number of methoxy groups -OCH3 is 2. The lowest BCUT2D eigenvalue weighted by Gasteiger charge is -2.12. The lowest BCUT2D eigenvalue weighted by atomic mass is 10.1. The minimum Gasteiger partial charge on any atom is -0.493 e. The topological polar surface area (TPSA) is 59.6 Å². The molecule has 0 spiro atoms. The van der Waals surface area contributed by atoms with Gasteiger partial charge in [-0.25, -0.2) is 0 Å². The van der Waals surface area contributed by atoms with E-state index in [2.05, 4.69) is 10.6 Å². The fraction of sp³-hybridized carbons (Fsp3) is 0.188. The lowest BCUT2D eigenvalue weighted by molar-refractivity contribution is 0.102. The van der Waals surface area contributed by atoms with Crippen LogP contribution >= 0.6 is 0 Å². The van der Waals surface area contributed by atoms with Gasteiger partial charge in [-0.2, -0.15) is 0 Å². The van der Waals surface area contributed by atoms with E-state index < -0.39 is 0 Å². The van der Waals surface area contributed by atoms with Crippen molar-refractivity contribution in [1.29, 1.82) is 0 Å². The van der Waals surface area contributed by atoms with Gasteiger partial charge in [0.25, 0.3) is 5.91 Å². The third-order valence-corrected chi connectivity index (χ3v) is 3.08. The lowest BCUT2D eigenvalue weighted by Crippen LogP contribution is -2.14. The molecule has 2 aromatic carbocycles. The molecule has 2 N–H and O–H groups in total. The van der Waals surface area contributed by atoms with Crippen LogP contribution in [0.5, 0.6) is 11.5 Å². The summed E-state index contributed by atoms with van der Waals surface area (Å²) in [6.45, 7) is 0. The van der Waals surface area contributed by atoms with Crippen LogP contribution < -0.4 is 20.1 Å². The predicted molar refractivity (Wildman–Crippen MR) is 83.5 cm³/mol. The van der Waals surface area contributed by atoms with Crippen molar-refractivity contribution in [2.45, 2.75) is 0 Å². The first kappa shape index (κ1) is 14.7. The average molecular weight is 286 g/mol. The molecule has 0 bridgehead atoms. The van der Waals surface area contributed by atoms with Crippen LogP contribution in [0.2, 0.25) is 0 Å². The largest absolute Gasteiger partial charge is 0.493 e. The van der Waals surface area contributed by atoms with Gasteiger partial charge in [-0.05, 0) is 24.3 Å². The van der Waals surface area contributed by atoms with Gasteiger partial charge < -0.3 is 20.1 Å². The number of carbonyl (C=O) groups excluding carboxylic acids is 1. The van der Waals surface area contributed by atoms with E-state index in [1.54, 1.807) is 45.5 Å². The number of para-hydroxylation sites is 1. The van der Waals surface area contributed by atoms with E-state index in [-0.39, 0.29) is 5.91 Å². The first-order valence-corrected chi connectivity index (χ1v) is 6.49. The number of benzene rings is 2. The van der Waals surface area contributed by atoms with Crippen LogP contribution in [-0.2, 0) is 0 Å². The molecular weight excluding hydrogens is 268 g/mol. The fourth-order valence-electron chi connectivity index (χ4n) is 2.01. The molecule has 0 radical (unpaired) electrons. The van der Waals surface area contributed by atoms with Crippen LogP contribution in [0.3, 0.4) is 0 Å². The fourth-order valence-corrected chi connectivity index (χ4v) is 2.01. The summed E-state index contributed by atoms with van der Waals surface area (Å²) in [4.78, 5) is 12.3. The first-order valence-electron chi connectivity index (χ1n) is 6.49. The normalized spacial score (nSPS) is 9.86. The minimum atomic E-state index is -0.188. The van der Waals surface area contributed by atoms with Crippen molar-refractivity contribution in [3.05, 3.63) is 48.0 Å². The highest BCUT2D eigenvalue weighted by Crippen LogP contribution is 2.30. The molecule has 1 amide bonds. The summed E-state index contributed by atoms with van der Waals surface area (Å²) in [5.41, 5.74) is 1.99. The average Bonchev–Trinajstić information content (AvgIpc) is 2.54. The molecule has 5 heteroatoms. The van der Waals surface area contributed by atoms with Gasteiger partial charge in [0, 0.05) is 24.5 Å². The summed E-state index contributed by atoms with van der Waals surface area (Å²) in [6, 6.07) is 12.5. The van der Waals surface area contributed by atoms with Crippen molar-refractivity contribution >= 4 is 17.3 Å². The highest BCUT2D eigenvalue weighted by atomic mass is 16.5. The molecule has 0 aromatic heterocycles. The van der Waals surface area contributed by atoms with Crippen molar-refractivity contribution in [1.82, 2.24) is 0 Å². The van der Waals surface area contributed by atoms with Gasteiger partial charge in [-0.15, -0.1) is 0 Å². The SMILES string of the molecule is CNc1ccccc1C(=O)Nc1ccc(OC)c(OC)c1. The van der Waals surface area contributed by atoms with Crippen LogP contribution in [0.1, 0.15) is 10.4 Å². The van der Waals surface area contributed by atoms with Crippen LogP contribution in [0.25, 0.3) is 0 Å². The number of nitrogens with one attached hydrogen (secondary N) is 2. The third kappa shape index (κ3) is 3.25. The van der Waals surface area contributed by atoms with Crippen molar-refractivity contribution in [3.63, 3.8) is 0 Å². The molecule has 0 aliphatic rings. The van der Waals surface area contributed by atoms with Crippen LogP contribution in [0.4, 0.5) is 11.4 Å². The number of ether oxygens (including phenoxy) is 2. The number of rotatable bonds is 5. The van der Waals surface area contributed by atoms with Crippen molar-refractivity contribution in [2.75, 3.05) is 31.9 Å². The van der Waals surface area contributed by atoms with Crippen molar-refractivity contribution in [3.8, 4) is 11.5 Å². The molecule has 2 rings (SSSR count). The zero-order valence-electron chi connectivity index (χ0n) is 12.3. The van der Waals surface area contributed by atoms with Gasteiger partial charge in [0.15, 0.2) is 11.5 Å². The molecule has 21 heavy (non-hydrogen) atoms. The molecule has 0 saturated carbocycles. The number of hydrogen-bond acceptors (Lipinski definition) is 4. The molecule has 0 atom stereocenters. The summed E-state index contributed by atoms with van der Waals surface area (Å²) in [5.74, 6) is 0.996. The Labute approximate surface area is 123 Å². The Morgan fingerprint density at radius 1 is 1.00 bits per heavy atom. The predicted octanol–water partition coefficient (Wildman–Crippen LogP) is 3.00. The maximum atomic E-state index is 12.3. The number of anilines is 2. The molecule has 0 fully saturated rings. The Kier molecular flexibility index (Phi) is 4.66. The Bertz CT molecular complexity index is 641. The first-order chi connectivity index (χ1) is 10.2. The van der Waals surface area contributed by atoms with E-state index in [1.165, 1.54) is 0 Å². The zero-order chi connectivity index (χ0) is 15.2. The van der Waals surface area contributed by atoms with E-state index >= 15 is 0 Å². The van der Waals surface area contributed by atoms with Gasteiger partial charge in [0.2, 0.25) is 0 Å². The Balaban J connectivity index is 2.23. The molecule has 110 valence electrons. The summed E-state index contributed by atoms with van der Waals surface area (Å²) < 4.78 is 10.4. The standard InChI is InChI=1S/C16H18N2O3/c1-17-13-7-5-4-6-12(13)16(19)18-11-8-9-14(20-2)15(10-11)21-3/h4-10,17H,1-3H3,(H,18,19). The van der Waals surface area contributed by atoms with Gasteiger partial charge in [0.1, 0.15) is 0 Å². The quantitative estimate of drug-likeness (QED) is 0.887. The Morgan fingerprint density at radius 2 is 1.71 bits per heavy atom. The molecule has 0 aliphatic heterocycles. The van der Waals surface area contributed by atoms with Crippen LogP contribution in [-0.4, -0.2) is 27.2 Å². The molecular formula is C16H18N2O3. The van der Waals surface area contributed by atoms with Crippen LogP contribution in [0, 0.1) is 0 Å². The second-order valence-corrected chi connectivity index (χ2v) is 4.32. The summed E-state index contributed by atoms with van der Waals surface area (Å²) in [7, 11) is 4.90.